The van der Waals surface area contributed by atoms with Crippen molar-refractivity contribution in [3.8, 4) is 17.0 Å². The monoisotopic (exact) mass is 422 g/mol. The third kappa shape index (κ3) is 6.31. The maximum absolute atomic E-state index is 13.5. The molecule has 0 unspecified atom stereocenters. The van der Waals surface area contributed by atoms with Crippen LogP contribution in [-0.2, 0) is 0 Å². The van der Waals surface area contributed by atoms with E-state index < -0.39 is 12.2 Å². The Hall–Kier alpha value is -3.40. The van der Waals surface area contributed by atoms with E-state index in [0.29, 0.717) is 35.7 Å². The van der Waals surface area contributed by atoms with Crippen molar-refractivity contribution in [2.24, 2.45) is 0 Å². The zero-order chi connectivity index (χ0) is 21.6. The number of hydrogen-bond acceptors (Lipinski definition) is 6. The Balaban J connectivity index is 1.94. The molecule has 10 heteroatoms. The fourth-order valence-corrected chi connectivity index (χ4v) is 2.58. The largest absolute Gasteiger partial charge is 0.573 e. The molecule has 0 amide bonds. The second-order valence-electron chi connectivity index (χ2n) is 6.18. The Labute approximate surface area is 169 Å². The molecule has 0 spiro atoms. The normalized spacial score (nSPS) is 11.2. The summed E-state index contributed by atoms with van der Waals surface area (Å²) >= 11 is 0. The molecular formula is C20H18F4N4O2. The number of rotatable bonds is 8. The van der Waals surface area contributed by atoms with E-state index in [1.54, 1.807) is 12.1 Å². The number of hydrogen-bond donors (Lipinski definition) is 3. The second-order valence-corrected chi connectivity index (χ2v) is 6.18. The molecule has 3 rings (SSSR count). The number of nitrogens with one attached hydrogen (secondary N) is 2. The highest BCUT2D eigenvalue weighted by Gasteiger charge is 2.31. The summed E-state index contributed by atoms with van der Waals surface area (Å²) < 4.78 is 55.0. The van der Waals surface area contributed by atoms with E-state index in [9.17, 15) is 17.6 Å². The Bertz CT molecular complexity index is 999. The summed E-state index contributed by atoms with van der Waals surface area (Å²) in [5.41, 5.74) is 1.13. The number of benzene rings is 2. The minimum absolute atomic E-state index is 0.0298. The van der Waals surface area contributed by atoms with Crippen LogP contribution in [-0.4, -0.2) is 34.6 Å². The molecule has 0 atom stereocenters. The zero-order valence-electron chi connectivity index (χ0n) is 15.6. The van der Waals surface area contributed by atoms with Gasteiger partial charge in [0.1, 0.15) is 17.4 Å². The second kappa shape index (κ2) is 9.40. The third-order valence-electron chi connectivity index (χ3n) is 3.80. The van der Waals surface area contributed by atoms with Gasteiger partial charge in [0.05, 0.1) is 5.69 Å². The van der Waals surface area contributed by atoms with E-state index in [1.807, 2.05) is 0 Å². The first-order chi connectivity index (χ1) is 14.3. The average molecular weight is 422 g/mol. The molecule has 0 aliphatic heterocycles. The van der Waals surface area contributed by atoms with E-state index in [4.69, 9.17) is 5.11 Å². The molecule has 1 aromatic heterocycles. The number of ether oxygens (including phenoxy) is 1. The molecule has 1 heterocycles. The van der Waals surface area contributed by atoms with Gasteiger partial charge in [0.15, 0.2) is 0 Å². The van der Waals surface area contributed by atoms with E-state index in [-0.39, 0.29) is 18.3 Å². The standard InChI is InChI=1S/C20H18F4N4O2/c21-14-5-2-6-15(11-14)26-18-12-17(27-19(28-18)25-8-3-9-29)13-4-1-7-16(10-13)30-20(22,23)24/h1-2,4-7,10-12,29H,3,8-9H2,(H2,25,26,27,28). The number of anilines is 3. The van der Waals surface area contributed by atoms with Crippen molar-refractivity contribution < 1.29 is 27.4 Å². The zero-order valence-corrected chi connectivity index (χ0v) is 15.6. The first-order valence-corrected chi connectivity index (χ1v) is 8.95. The van der Waals surface area contributed by atoms with Crippen LogP contribution in [0.5, 0.6) is 5.75 Å². The highest BCUT2D eigenvalue weighted by Crippen LogP contribution is 2.29. The lowest BCUT2D eigenvalue weighted by Crippen LogP contribution is -2.17. The van der Waals surface area contributed by atoms with Gasteiger partial charge in [0.2, 0.25) is 5.95 Å². The van der Waals surface area contributed by atoms with Crippen LogP contribution >= 0.6 is 0 Å². The SMILES string of the molecule is OCCCNc1nc(Nc2cccc(F)c2)cc(-c2cccc(OC(F)(F)F)c2)n1. The Morgan fingerprint density at radius 2 is 1.80 bits per heavy atom. The summed E-state index contributed by atoms with van der Waals surface area (Å²) in [6.45, 7) is 0.356. The van der Waals surface area contributed by atoms with Crippen molar-refractivity contribution in [3.05, 3.63) is 60.4 Å². The molecule has 0 aliphatic carbocycles. The van der Waals surface area contributed by atoms with Gasteiger partial charge in [0, 0.05) is 30.5 Å². The molecule has 0 bridgehead atoms. The van der Waals surface area contributed by atoms with Crippen LogP contribution in [0.3, 0.4) is 0 Å². The molecule has 0 fully saturated rings. The third-order valence-corrected chi connectivity index (χ3v) is 3.80. The molecule has 2 aromatic carbocycles. The minimum Gasteiger partial charge on any atom is -0.406 e. The van der Waals surface area contributed by atoms with Crippen molar-refractivity contribution in [2.45, 2.75) is 12.8 Å². The van der Waals surface area contributed by atoms with Gasteiger partial charge in [-0.2, -0.15) is 4.98 Å². The highest BCUT2D eigenvalue weighted by atomic mass is 19.4. The fraction of sp³-hybridized carbons (Fsp3) is 0.200. The minimum atomic E-state index is -4.81. The van der Waals surface area contributed by atoms with Crippen molar-refractivity contribution in [3.63, 3.8) is 0 Å². The lowest BCUT2D eigenvalue weighted by molar-refractivity contribution is -0.274. The van der Waals surface area contributed by atoms with Crippen LogP contribution in [0, 0.1) is 5.82 Å². The number of aliphatic hydroxyl groups is 1. The first-order valence-electron chi connectivity index (χ1n) is 8.95. The number of halogens is 4. The fourth-order valence-electron chi connectivity index (χ4n) is 2.58. The van der Waals surface area contributed by atoms with Gasteiger partial charge >= 0.3 is 6.36 Å². The van der Waals surface area contributed by atoms with Gasteiger partial charge in [0.25, 0.3) is 0 Å². The van der Waals surface area contributed by atoms with Crippen LogP contribution in [0.15, 0.2) is 54.6 Å². The molecule has 158 valence electrons. The molecule has 0 radical (unpaired) electrons. The Kier molecular flexibility index (Phi) is 6.68. The van der Waals surface area contributed by atoms with Crippen molar-refractivity contribution in [1.29, 1.82) is 0 Å². The summed E-state index contributed by atoms with van der Waals surface area (Å²) in [7, 11) is 0. The van der Waals surface area contributed by atoms with E-state index in [0.717, 1.165) is 0 Å². The van der Waals surface area contributed by atoms with Gasteiger partial charge in [-0.25, -0.2) is 9.37 Å². The van der Waals surface area contributed by atoms with Gasteiger partial charge in [-0.1, -0.05) is 18.2 Å². The summed E-state index contributed by atoms with van der Waals surface area (Å²) in [4.78, 5) is 8.61. The van der Waals surface area contributed by atoms with Gasteiger partial charge in [-0.3, -0.25) is 0 Å². The number of alkyl halides is 3. The van der Waals surface area contributed by atoms with E-state index in [2.05, 4.69) is 25.3 Å². The first kappa shape index (κ1) is 21.3. The van der Waals surface area contributed by atoms with Crippen LogP contribution < -0.4 is 15.4 Å². The summed E-state index contributed by atoms with van der Waals surface area (Å²) in [5, 5.41) is 14.8. The van der Waals surface area contributed by atoms with Crippen molar-refractivity contribution in [1.82, 2.24) is 9.97 Å². The molecule has 3 N–H and O–H groups in total. The van der Waals surface area contributed by atoms with Crippen LogP contribution in [0.1, 0.15) is 6.42 Å². The quantitative estimate of drug-likeness (QED) is 0.360. The summed E-state index contributed by atoms with van der Waals surface area (Å²) in [6.07, 6.45) is -4.36. The Morgan fingerprint density at radius 1 is 1.00 bits per heavy atom. The lowest BCUT2D eigenvalue weighted by Gasteiger charge is -2.13. The smallest absolute Gasteiger partial charge is 0.406 e. The lowest BCUT2D eigenvalue weighted by atomic mass is 10.1. The maximum atomic E-state index is 13.5. The van der Waals surface area contributed by atoms with E-state index >= 15 is 0 Å². The predicted octanol–water partition coefficient (Wildman–Crippen LogP) is 4.72. The van der Waals surface area contributed by atoms with Crippen LogP contribution in [0.4, 0.5) is 35.0 Å². The van der Waals surface area contributed by atoms with Crippen molar-refractivity contribution >= 4 is 17.5 Å². The van der Waals surface area contributed by atoms with E-state index in [1.165, 1.54) is 42.5 Å². The van der Waals surface area contributed by atoms with Crippen molar-refractivity contribution in [2.75, 3.05) is 23.8 Å². The average Bonchev–Trinajstić information content (AvgIpc) is 2.67. The maximum Gasteiger partial charge on any atom is 0.573 e. The number of nitrogens with zero attached hydrogens (tertiary/aromatic N) is 2. The molecular weight excluding hydrogens is 404 g/mol. The predicted molar refractivity (Wildman–Crippen MR) is 104 cm³/mol. The van der Waals surface area contributed by atoms with Gasteiger partial charge in [-0.15, -0.1) is 13.2 Å². The van der Waals surface area contributed by atoms with Gasteiger partial charge in [-0.05, 0) is 36.8 Å². The Morgan fingerprint density at radius 3 is 2.53 bits per heavy atom. The topological polar surface area (TPSA) is 79.3 Å². The molecule has 0 saturated heterocycles. The van der Waals surface area contributed by atoms with Gasteiger partial charge < -0.3 is 20.5 Å². The number of aromatic nitrogens is 2. The highest BCUT2D eigenvalue weighted by molar-refractivity contribution is 5.68. The summed E-state index contributed by atoms with van der Waals surface area (Å²) in [5.74, 6) is -0.318. The molecule has 30 heavy (non-hydrogen) atoms. The van der Waals surface area contributed by atoms with Crippen LogP contribution in [0.2, 0.25) is 0 Å². The number of aliphatic hydroxyl groups excluding tert-OH is 1. The summed E-state index contributed by atoms with van der Waals surface area (Å²) in [6, 6.07) is 12.6. The van der Waals surface area contributed by atoms with Crippen LogP contribution in [0.25, 0.3) is 11.3 Å². The molecule has 0 aliphatic rings. The molecule has 3 aromatic rings. The molecule has 6 nitrogen and oxygen atoms in total. The molecule has 0 saturated carbocycles.